The number of halogens is 1. The smallest absolute Gasteiger partial charge is 0.410 e. The lowest BCUT2D eigenvalue weighted by Gasteiger charge is -2.45. The van der Waals surface area contributed by atoms with Crippen LogP contribution in [0.25, 0.3) is 0 Å². The quantitative estimate of drug-likeness (QED) is 0.724. The lowest BCUT2D eigenvalue weighted by Crippen LogP contribution is -2.46. The Labute approximate surface area is 121 Å². The minimum Gasteiger partial charge on any atom is -0.444 e. The number of ether oxygens (including phenoxy) is 1. The summed E-state index contributed by atoms with van der Waals surface area (Å²) in [5.74, 6) is 0.282. The predicted molar refractivity (Wildman–Crippen MR) is 77.4 cm³/mol. The molecule has 0 aromatic heterocycles. The molecule has 1 saturated heterocycles. The summed E-state index contributed by atoms with van der Waals surface area (Å²) in [6, 6.07) is 0. The van der Waals surface area contributed by atoms with E-state index in [1.165, 1.54) is 0 Å². The minimum atomic E-state index is -0.425. The van der Waals surface area contributed by atoms with E-state index in [1.807, 2.05) is 25.7 Å². The first kappa shape index (κ1) is 15.6. The van der Waals surface area contributed by atoms with Gasteiger partial charge in [-0.05, 0) is 70.6 Å². The van der Waals surface area contributed by atoms with Crippen LogP contribution in [0.4, 0.5) is 9.18 Å². The van der Waals surface area contributed by atoms with Crippen molar-refractivity contribution < 1.29 is 13.9 Å². The molecule has 1 saturated carbocycles. The summed E-state index contributed by atoms with van der Waals surface area (Å²) >= 11 is 0. The molecule has 0 unspecified atom stereocenters. The maximum Gasteiger partial charge on any atom is 0.410 e. The van der Waals surface area contributed by atoms with Gasteiger partial charge in [0.15, 0.2) is 0 Å². The van der Waals surface area contributed by atoms with E-state index in [4.69, 9.17) is 4.74 Å². The van der Waals surface area contributed by atoms with Crippen molar-refractivity contribution in [3.63, 3.8) is 0 Å². The van der Waals surface area contributed by atoms with Gasteiger partial charge in [-0.25, -0.2) is 4.79 Å². The lowest BCUT2D eigenvalue weighted by molar-refractivity contribution is 0.000681. The largest absolute Gasteiger partial charge is 0.444 e. The van der Waals surface area contributed by atoms with E-state index in [0.717, 1.165) is 51.6 Å². The first-order valence-corrected chi connectivity index (χ1v) is 7.87. The number of alkyl halides is 1. The Morgan fingerprint density at radius 1 is 1.20 bits per heavy atom. The summed E-state index contributed by atoms with van der Waals surface area (Å²) in [6.45, 7) is 7.10. The van der Waals surface area contributed by atoms with Gasteiger partial charge in [-0.2, -0.15) is 0 Å². The van der Waals surface area contributed by atoms with Crippen molar-refractivity contribution >= 4 is 6.09 Å². The van der Waals surface area contributed by atoms with E-state index >= 15 is 0 Å². The SMILES string of the molecule is CC(C)(C)OC(=O)N1CCC2(CCC(CF)CC2)CC1. The number of carbonyl (C=O) groups is 1. The van der Waals surface area contributed by atoms with E-state index in [1.54, 1.807) is 0 Å². The molecule has 0 bridgehead atoms. The molecular weight excluding hydrogens is 257 g/mol. The van der Waals surface area contributed by atoms with Crippen molar-refractivity contribution in [2.24, 2.45) is 11.3 Å². The molecule has 4 heteroatoms. The van der Waals surface area contributed by atoms with Gasteiger partial charge in [-0.1, -0.05) is 0 Å². The molecule has 3 nitrogen and oxygen atoms in total. The molecule has 1 amide bonds. The number of likely N-dealkylation sites (tertiary alicyclic amines) is 1. The Balaban J connectivity index is 1.82. The molecule has 0 N–H and O–H groups in total. The lowest BCUT2D eigenvalue weighted by atomic mass is 9.66. The zero-order chi connectivity index (χ0) is 14.8. The zero-order valence-electron chi connectivity index (χ0n) is 13.1. The minimum absolute atomic E-state index is 0.167. The van der Waals surface area contributed by atoms with Crippen molar-refractivity contribution in [1.29, 1.82) is 0 Å². The highest BCUT2D eigenvalue weighted by Gasteiger charge is 2.39. The zero-order valence-corrected chi connectivity index (χ0v) is 13.1. The monoisotopic (exact) mass is 285 g/mol. The first-order chi connectivity index (χ1) is 9.34. The number of piperidine rings is 1. The summed E-state index contributed by atoms with van der Waals surface area (Å²) in [5.41, 5.74) is -0.0599. The van der Waals surface area contributed by atoms with Gasteiger partial charge in [0.2, 0.25) is 0 Å². The molecule has 2 fully saturated rings. The number of amides is 1. The van der Waals surface area contributed by atoms with Gasteiger partial charge in [0.1, 0.15) is 5.60 Å². The van der Waals surface area contributed by atoms with Crippen molar-refractivity contribution in [3.05, 3.63) is 0 Å². The summed E-state index contributed by atoms with van der Waals surface area (Å²) in [7, 11) is 0. The molecule has 20 heavy (non-hydrogen) atoms. The second-order valence-electron chi connectivity index (χ2n) is 7.57. The second-order valence-corrected chi connectivity index (χ2v) is 7.57. The third kappa shape index (κ3) is 3.86. The number of nitrogens with zero attached hydrogens (tertiary/aromatic N) is 1. The van der Waals surface area contributed by atoms with E-state index in [0.29, 0.717) is 5.41 Å². The second kappa shape index (κ2) is 5.90. The third-order valence-electron chi connectivity index (χ3n) is 4.86. The van der Waals surface area contributed by atoms with E-state index in [9.17, 15) is 9.18 Å². The molecule has 2 rings (SSSR count). The molecule has 1 heterocycles. The summed E-state index contributed by atoms with van der Waals surface area (Å²) in [5, 5.41) is 0. The maximum atomic E-state index is 12.7. The Morgan fingerprint density at radius 3 is 2.20 bits per heavy atom. The van der Waals surface area contributed by atoms with E-state index < -0.39 is 5.60 Å². The van der Waals surface area contributed by atoms with Crippen LogP contribution in [-0.2, 0) is 4.74 Å². The van der Waals surface area contributed by atoms with Gasteiger partial charge in [-0.3, -0.25) is 4.39 Å². The van der Waals surface area contributed by atoms with Crippen LogP contribution in [0.1, 0.15) is 59.3 Å². The number of carbonyl (C=O) groups excluding carboxylic acids is 1. The standard InChI is InChI=1S/C16H28FNO2/c1-15(2,3)20-14(19)18-10-8-16(9-11-18)6-4-13(12-17)5-7-16/h13H,4-12H2,1-3H3. The van der Waals surface area contributed by atoms with Crippen molar-refractivity contribution in [3.8, 4) is 0 Å². The van der Waals surface area contributed by atoms with Gasteiger partial charge in [0.25, 0.3) is 0 Å². The number of hydrogen-bond donors (Lipinski definition) is 0. The van der Waals surface area contributed by atoms with Crippen LogP contribution in [0.2, 0.25) is 0 Å². The topological polar surface area (TPSA) is 29.5 Å². The Morgan fingerprint density at radius 2 is 1.75 bits per heavy atom. The summed E-state index contributed by atoms with van der Waals surface area (Å²) < 4.78 is 18.1. The molecular formula is C16H28FNO2. The predicted octanol–water partition coefficient (Wildman–Crippen LogP) is 4.16. The molecule has 1 aliphatic carbocycles. The number of hydrogen-bond acceptors (Lipinski definition) is 2. The Bertz CT molecular complexity index is 333. The molecule has 0 radical (unpaired) electrons. The molecule has 1 spiro atoms. The van der Waals surface area contributed by atoms with Gasteiger partial charge in [0, 0.05) is 13.1 Å². The van der Waals surface area contributed by atoms with Crippen LogP contribution >= 0.6 is 0 Å². The average Bonchev–Trinajstić information content (AvgIpc) is 2.38. The molecule has 1 aliphatic heterocycles. The highest BCUT2D eigenvalue weighted by Crippen LogP contribution is 2.46. The van der Waals surface area contributed by atoms with Crippen LogP contribution < -0.4 is 0 Å². The molecule has 0 atom stereocenters. The maximum absolute atomic E-state index is 12.7. The van der Waals surface area contributed by atoms with Gasteiger partial charge >= 0.3 is 6.09 Å². The fourth-order valence-corrected chi connectivity index (χ4v) is 3.43. The van der Waals surface area contributed by atoms with E-state index in [-0.39, 0.29) is 18.7 Å². The summed E-state index contributed by atoms with van der Waals surface area (Å²) in [4.78, 5) is 13.9. The van der Waals surface area contributed by atoms with Crippen LogP contribution in [-0.4, -0.2) is 36.4 Å². The fraction of sp³-hybridized carbons (Fsp3) is 0.938. The van der Waals surface area contributed by atoms with Crippen molar-refractivity contribution in [2.45, 2.75) is 64.9 Å². The van der Waals surface area contributed by atoms with Gasteiger partial charge < -0.3 is 9.64 Å². The van der Waals surface area contributed by atoms with Crippen LogP contribution in [0.3, 0.4) is 0 Å². The molecule has 116 valence electrons. The van der Waals surface area contributed by atoms with Crippen LogP contribution in [0.5, 0.6) is 0 Å². The Hall–Kier alpha value is -0.800. The Kier molecular flexibility index (Phi) is 4.60. The van der Waals surface area contributed by atoms with Crippen molar-refractivity contribution in [1.82, 2.24) is 4.90 Å². The molecule has 2 aliphatic rings. The average molecular weight is 285 g/mol. The normalized spacial score (nSPS) is 23.9. The molecule has 0 aromatic carbocycles. The van der Waals surface area contributed by atoms with E-state index in [2.05, 4.69) is 0 Å². The summed E-state index contributed by atoms with van der Waals surface area (Å²) in [6.07, 6.45) is 6.19. The fourth-order valence-electron chi connectivity index (χ4n) is 3.43. The van der Waals surface area contributed by atoms with Crippen LogP contribution in [0.15, 0.2) is 0 Å². The molecule has 0 aromatic rings. The number of rotatable bonds is 1. The highest BCUT2D eigenvalue weighted by atomic mass is 19.1. The highest BCUT2D eigenvalue weighted by molar-refractivity contribution is 5.68. The van der Waals surface area contributed by atoms with Gasteiger partial charge in [-0.15, -0.1) is 0 Å². The third-order valence-corrected chi connectivity index (χ3v) is 4.86. The first-order valence-electron chi connectivity index (χ1n) is 7.87. The van der Waals surface area contributed by atoms with Crippen molar-refractivity contribution in [2.75, 3.05) is 19.8 Å². The van der Waals surface area contributed by atoms with Gasteiger partial charge in [0.05, 0.1) is 6.67 Å². The van der Waals surface area contributed by atoms with Crippen LogP contribution in [0, 0.1) is 11.3 Å².